The van der Waals surface area contributed by atoms with E-state index in [4.69, 9.17) is 4.74 Å². The van der Waals surface area contributed by atoms with Crippen LogP contribution in [0.2, 0.25) is 0 Å². The number of nitrogens with one attached hydrogen (secondary N) is 1. The minimum absolute atomic E-state index is 0.00942. The molecule has 0 saturated heterocycles. The van der Waals surface area contributed by atoms with Crippen LogP contribution >= 0.6 is 0 Å². The summed E-state index contributed by atoms with van der Waals surface area (Å²) >= 11 is 0. The topological polar surface area (TPSA) is 95.9 Å². The van der Waals surface area contributed by atoms with Crippen molar-refractivity contribution in [3.05, 3.63) is 60.8 Å². The molecule has 0 aliphatic heterocycles. The predicted molar refractivity (Wildman–Crippen MR) is 273 cm³/mol. The van der Waals surface area contributed by atoms with E-state index in [1.165, 1.54) is 167 Å². The van der Waals surface area contributed by atoms with E-state index in [0.717, 1.165) is 70.6 Å². The van der Waals surface area contributed by atoms with Gasteiger partial charge in [0.25, 0.3) is 0 Å². The molecule has 0 aromatic carbocycles. The maximum atomic E-state index is 12.4. The molecule has 63 heavy (non-hydrogen) atoms. The standard InChI is InChI=1S/C57H103NO5/c1-3-5-7-9-11-13-14-15-28-31-35-39-43-47-51-57(62)63-52-48-44-40-36-32-29-26-24-22-20-18-16-17-19-21-23-25-27-30-34-38-42-46-50-56(61)58-54(53-59)55(60)49-45-41-37-33-12-10-8-6-4-2/h9,11,14-16,18-19,21,45,49,54-55,59-60H,3-8,10,12-13,17,20,22-44,46-48,50-53H2,1-2H3,(H,58,61)/b11-9-,15-14-,18-16-,21-19-,49-45+. The number of hydrogen-bond donors (Lipinski definition) is 3. The van der Waals surface area contributed by atoms with Gasteiger partial charge in [0.2, 0.25) is 5.91 Å². The quantitative estimate of drug-likeness (QED) is 0.0321. The Kier molecular flexibility index (Phi) is 50.2. The molecule has 2 atom stereocenters. The van der Waals surface area contributed by atoms with Gasteiger partial charge in [-0.05, 0) is 89.9 Å². The van der Waals surface area contributed by atoms with Crippen LogP contribution in [-0.2, 0) is 14.3 Å². The number of ether oxygens (including phenoxy) is 1. The van der Waals surface area contributed by atoms with Crippen molar-refractivity contribution >= 4 is 11.9 Å². The first-order valence-electron chi connectivity index (χ1n) is 27.1. The van der Waals surface area contributed by atoms with Gasteiger partial charge in [-0.1, -0.05) is 222 Å². The maximum Gasteiger partial charge on any atom is 0.305 e. The summed E-state index contributed by atoms with van der Waals surface area (Å²) in [6, 6.07) is -0.634. The molecule has 6 nitrogen and oxygen atoms in total. The van der Waals surface area contributed by atoms with Gasteiger partial charge in [0.1, 0.15) is 0 Å². The SMILES string of the molecule is CCCC/C=C\C/C=C\CCCCCCCC(=O)OCCCCCCCCCCC/C=C\C/C=C\CCCCCCCCCC(=O)NC(CO)C(O)/C=C/CCCCCCCCC. The summed E-state index contributed by atoms with van der Waals surface area (Å²) in [6.45, 7) is 4.80. The lowest BCUT2D eigenvalue weighted by molar-refractivity contribution is -0.143. The van der Waals surface area contributed by atoms with Gasteiger partial charge in [0.15, 0.2) is 0 Å². The molecule has 0 fully saturated rings. The fraction of sp³-hybridized carbons (Fsp3) is 0.789. The van der Waals surface area contributed by atoms with Crippen molar-refractivity contribution < 1.29 is 24.5 Å². The summed E-state index contributed by atoms with van der Waals surface area (Å²) in [7, 11) is 0. The molecule has 0 rings (SSSR count). The Bertz CT molecular complexity index is 1110. The Morgan fingerprint density at radius 3 is 1.25 bits per heavy atom. The summed E-state index contributed by atoms with van der Waals surface area (Å²) in [6.07, 6.45) is 66.7. The Morgan fingerprint density at radius 2 is 0.810 bits per heavy atom. The zero-order chi connectivity index (χ0) is 45.8. The van der Waals surface area contributed by atoms with Crippen molar-refractivity contribution in [2.24, 2.45) is 0 Å². The van der Waals surface area contributed by atoms with E-state index in [1.54, 1.807) is 6.08 Å². The summed E-state index contributed by atoms with van der Waals surface area (Å²) in [5.74, 6) is -0.0924. The van der Waals surface area contributed by atoms with E-state index >= 15 is 0 Å². The van der Waals surface area contributed by atoms with Crippen LogP contribution in [-0.4, -0.2) is 47.4 Å². The summed E-state index contributed by atoms with van der Waals surface area (Å²) in [4.78, 5) is 24.4. The smallest absolute Gasteiger partial charge is 0.305 e. The number of carbonyl (C=O) groups is 2. The number of carbonyl (C=O) groups excluding carboxylic acids is 2. The van der Waals surface area contributed by atoms with E-state index in [2.05, 4.69) is 67.8 Å². The van der Waals surface area contributed by atoms with E-state index in [0.29, 0.717) is 19.4 Å². The van der Waals surface area contributed by atoms with Gasteiger partial charge < -0.3 is 20.3 Å². The van der Waals surface area contributed by atoms with Crippen LogP contribution < -0.4 is 5.32 Å². The van der Waals surface area contributed by atoms with E-state index in [9.17, 15) is 19.8 Å². The van der Waals surface area contributed by atoms with Crippen molar-refractivity contribution in [2.45, 2.75) is 276 Å². The number of aliphatic hydroxyl groups is 2. The van der Waals surface area contributed by atoms with Crippen molar-refractivity contribution in [2.75, 3.05) is 13.2 Å². The number of allylic oxidation sites excluding steroid dienone is 9. The number of amides is 1. The lowest BCUT2D eigenvalue weighted by atomic mass is 10.1. The second-order valence-corrected chi connectivity index (χ2v) is 18.2. The van der Waals surface area contributed by atoms with Crippen LogP contribution in [0.3, 0.4) is 0 Å². The zero-order valence-corrected chi connectivity index (χ0v) is 41.5. The number of hydrogen-bond acceptors (Lipinski definition) is 5. The summed E-state index contributed by atoms with van der Waals surface area (Å²) < 4.78 is 5.46. The molecule has 2 unspecified atom stereocenters. The summed E-state index contributed by atoms with van der Waals surface area (Å²) in [5.41, 5.74) is 0. The monoisotopic (exact) mass is 882 g/mol. The molecule has 366 valence electrons. The zero-order valence-electron chi connectivity index (χ0n) is 41.5. The highest BCUT2D eigenvalue weighted by molar-refractivity contribution is 5.76. The third-order valence-corrected chi connectivity index (χ3v) is 12.0. The van der Waals surface area contributed by atoms with Crippen LogP contribution in [0.25, 0.3) is 0 Å². The van der Waals surface area contributed by atoms with E-state index in [1.807, 2.05) is 6.08 Å². The van der Waals surface area contributed by atoms with Crippen molar-refractivity contribution in [3.8, 4) is 0 Å². The Morgan fingerprint density at radius 1 is 0.444 bits per heavy atom. The van der Waals surface area contributed by atoms with Crippen LogP contribution in [0, 0.1) is 0 Å². The maximum absolute atomic E-state index is 12.4. The Balaban J connectivity index is 3.46. The molecule has 6 heteroatoms. The molecule has 3 N–H and O–H groups in total. The first kappa shape index (κ1) is 60.6. The normalized spacial score (nSPS) is 13.1. The van der Waals surface area contributed by atoms with E-state index < -0.39 is 12.1 Å². The predicted octanol–water partition coefficient (Wildman–Crippen LogP) is 16.4. The van der Waals surface area contributed by atoms with Gasteiger partial charge >= 0.3 is 5.97 Å². The van der Waals surface area contributed by atoms with Gasteiger partial charge in [0.05, 0.1) is 25.4 Å². The number of esters is 1. The molecule has 0 spiro atoms. The Labute approximate surface area is 390 Å². The second kappa shape index (κ2) is 52.2. The third kappa shape index (κ3) is 48.8. The van der Waals surface area contributed by atoms with Gasteiger partial charge in [0, 0.05) is 12.8 Å². The first-order chi connectivity index (χ1) is 31.0. The first-order valence-corrected chi connectivity index (χ1v) is 27.1. The molecule has 0 aromatic heterocycles. The van der Waals surface area contributed by atoms with Crippen molar-refractivity contribution in [1.82, 2.24) is 5.32 Å². The fourth-order valence-corrected chi connectivity index (χ4v) is 7.80. The lowest BCUT2D eigenvalue weighted by Gasteiger charge is -2.20. The van der Waals surface area contributed by atoms with Crippen molar-refractivity contribution in [1.29, 1.82) is 0 Å². The average molecular weight is 882 g/mol. The van der Waals surface area contributed by atoms with Crippen LogP contribution in [0.5, 0.6) is 0 Å². The molecule has 0 heterocycles. The fourth-order valence-electron chi connectivity index (χ4n) is 7.80. The Hall–Kier alpha value is -2.44. The van der Waals surface area contributed by atoms with E-state index in [-0.39, 0.29) is 18.5 Å². The molecule has 0 saturated carbocycles. The van der Waals surface area contributed by atoms with Crippen LogP contribution in [0.4, 0.5) is 0 Å². The lowest BCUT2D eigenvalue weighted by Crippen LogP contribution is -2.45. The largest absolute Gasteiger partial charge is 0.466 e. The molecule has 0 aliphatic rings. The molecule has 1 amide bonds. The van der Waals surface area contributed by atoms with Crippen LogP contribution in [0.1, 0.15) is 264 Å². The van der Waals surface area contributed by atoms with Gasteiger partial charge in [-0.25, -0.2) is 0 Å². The highest BCUT2D eigenvalue weighted by Gasteiger charge is 2.18. The minimum Gasteiger partial charge on any atom is -0.466 e. The molecule has 0 radical (unpaired) electrons. The van der Waals surface area contributed by atoms with Gasteiger partial charge in [-0.3, -0.25) is 9.59 Å². The minimum atomic E-state index is -0.850. The average Bonchev–Trinajstić information content (AvgIpc) is 3.28. The molecular weight excluding hydrogens is 779 g/mol. The molecule has 0 aliphatic carbocycles. The third-order valence-electron chi connectivity index (χ3n) is 12.0. The second-order valence-electron chi connectivity index (χ2n) is 18.2. The van der Waals surface area contributed by atoms with Crippen LogP contribution in [0.15, 0.2) is 60.8 Å². The molecular formula is C57H103NO5. The van der Waals surface area contributed by atoms with Gasteiger partial charge in [-0.2, -0.15) is 0 Å². The number of rotatable bonds is 49. The highest BCUT2D eigenvalue weighted by atomic mass is 16.5. The number of aliphatic hydroxyl groups excluding tert-OH is 2. The van der Waals surface area contributed by atoms with Crippen molar-refractivity contribution in [3.63, 3.8) is 0 Å². The highest BCUT2D eigenvalue weighted by Crippen LogP contribution is 2.14. The van der Waals surface area contributed by atoms with Gasteiger partial charge in [-0.15, -0.1) is 0 Å². The molecule has 0 aromatic rings. The molecule has 0 bridgehead atoms. The number of unbranched alkanes of at least 4 members (excludes halogenated alkanes) is 30. The summed E-state index contributed by atoms with van der Waals surface area (Å²) in [5, 5.41) is 22.9.